The Kier molecular flexibility index (Phi) is 36.0. The lowest BCUT2D eigenvalue weighted by atomic mass is 9.81. The summed E-state index contributed by atoms with van der Waals surface area (Å²) >= 11 is 0. The monoisotopic (exact) mass is 1590 g/mol. The Balaban J connectivity index is 0.000000285. The predicted octanol–water partition coefficient (Wildman–Crippen LogP) is 18.8. The van der Waals surface area contributed by atoms with Crippen molar-refractivity contribution >= 4 is 69.6 Å². The normalized spacial score (nSPS) is 19.1. The van der Waals surface area contributed by atoms with Gasteiger partial charge >= 0.3 is 17.9 Å². The number of Topliss-reactive ketones (excluding diaryl/α,β-unsaturated/α-hetero) is 2. The molecule has 6 aliphatic rings. The lowest BCUT2D eigenvalue weighted by Crippen LogP contribution is -2.50. The molecule has 0 radical (unpaired) electrons. The van der Waals surface area contributed by atoms with Crippen LogP contribution in [-0.4, -0.2) is 136 Å². The first-order valence-corrected chi connectivity index (χ1v) is 42.7. The van der Waals surface area contributed by atoms with Crippen molar-refractivity contribution < 1.29 is 68.4 Å². The van der Waals surface area contributed by atoms with Gasteiger partial charge in [0.05, 0.1) is 17.4 Å². The number of anilines is 2. The molecule has 0 bridgehead atoms. The van der Waals surface area contributed by atoms with Crippen LogP contribution in [-0.2, 0) is 59.9 Å². The molecule has 116 heavy (non-hydrogen) atoms. The molecule has 0 saturated heterocycles. The fraction of sp³-hybridized carbons (Fsp3) is 0.515. The molecule has 0 spiro atoms. The van der Waals surface area contributed by atoms with Gasteiger partial charge in [-0.25, -0.2) is 14.4 Å². The summed E-state index contributed by atoms with van der Waals surface area (Å²) in [4.78, 5) is 74.5. The van der Waals surface area contributed by atoms with Gasteiger partial charge in [0.1, 0.15) is 37.9 Å². The van der Waals surface area contributed by atoms with Crippen LogP contribution in [0.25, 0.3) is 0 Å². The number of amides is 1. The van der Waals surface area contributed by atoms with Crippen molar-refractivity contribution in [2.45, 2.75) is 291 Å². The number of para-hydroxylation sites is 4. The summed E-state index contributed by atoms with van der Waals surface area (Å²) in [5.41, 5.74) is 25.3. The van der Waals surface area contributed by atoms with Gasteiger partial charge in [0.15, 0.2) is 23.6 Å². The van der Waals surface area contributed by atoms with Crippen LogP contribution in [0.15, 0.2) is 192 Å². The van der Waals surface area contributed by atoms with Crippen molar-refractivity contribution in [3.05, 3.63) is 214 Å². The van der Waals surface area contributed by atoms with Gasteiger partial charge in [-0.05, 0) is 209 Å². The number of carboxylic acid groups (broad SMARTS) is 1. The van der Waals surface area contributed by atoms with E-state index in [9.17, 15) is 33.9 Å². The van der Waals surface area contributed by atoms with Gasteiger partial charge in [-0.1, -0.05) is 176 Å². The highest BCUT2D eigenvalue weighted by atomic mass is 16.6. The summed E-state index contributed by atoms with van der Waals surface area (Å²) in [6, 6.07) is 35.2. The van der Waals surface area contributed by atoms with E-state index in [1.807, 2.05) is 0 Å². The maximum Gasteiger partial charge on any atom is 0.344 e. The van der Waals surface area contributed by atoms with Crippen molar-refractivity contribution in [1.29, 1.82) is 0 Å². The molecule has 17 heteroatoms. The average Bonchev–Trinajstić information content (AvgIpc) is 1.59. The molecular weight excluding hydrogens is 1450 g/mol. The number of rotatable bonds is 37. The number of aliphatic carboxylic acids is 1. The van der Waals surface area contributed by atoms with Gasteiger partial charge in [-0.15, -0.1) is 0 Å². The van der Waals surface area contributed by atoms with E-state index >= 15 is 0 Å². The third-order valence-electron chi connectivity index (χ3n) is 23.7. The number of ether oxygens (including phenoxy) is 2. The van der Waals surface area contributed by atoms with Crippen LogP contribution in [0.2, 0.25) is 0 Å². The lowest BCUT2D eigenvalue weighted by molar-refractivity contribution is -0.401. The molecule has 0 saturated carbocycles. The molecule has 4 aromatic rings. The molecule has 4 heterocycles. The first kappa shape index (κ1) is 94.0. The molecule has 4 atom stereocenters. The molecule has 17 nitrogen and oxygen atoms in total. The van der Waals surface area contributed by atoms with Gasteiger partial charge in [-0.3, -0.25) is 14.4 Å². The molecule has 7 N–H and O–H groups in total. The number of hydrogen-bond acceptors (Lipinski definition) is 12. The number of esters is 2. The predicted molar refractivity (Wildman–Crippen MR) is 471 cm³/mol. The number of carboxylic acids is 1. The molecule has 1 amide bonds. The minimum absolute atomic E-state index is 0. The number of unbranched alkanes of at least 4 members (excludes halogenated alkanes) is 10. The highest BCUT2D eigenvalue weighted by Crippen LogP contribution is 2.50. The van der Waals surface area contributed by atoms with Gasteiger partial charge in [0.2, 0.25) is 11.4 Å². The SMILES string of the molecule is C.CC(O)C(=O)OC(C)C(=O)NCCCCCCCC(=O)CCCCN1C(=CC=C2C=C(C=CC3=[N+](C)c4ccccc4C3(C)C)CCC2)C(C)(C)c2ccccc21.CC(O)C(=O)OC(C)C(=O)O.C[N+]1=C(C=CC2=CC(=CC=C3N(CCCCC(=O)CCCCCCC[NH3+])c4ccccc4C3(C)C)CCC2)C(C)(C)c2ccccc21. The third kappa shape index (κ3) is 25.2. The number of quaternary nitrogens is 1. The van der Waals surface area contributed by atoms with Crippen LogP contribution < -0.4 is 20.9 Å². The van der Waals surface area contributed by atoms with E-state index in [-0.39, 0.29) is 35.0 Å². The van der Waals surface area contributed by atoms with E-state index < -0.39 is 42.3 Å². The molecule has 628 valence electrons. The summed E-state index contributed by atoms with van der Waals surface area (Å²) in [7, 11) is 4.37. The summed E-state index contributed by atoms with van der Waals surface area (Å²) in [6.07, 6.45) is 42.7. The summed E-state index contributed by atoms with van der Waals surface area (Å²) in [5.74, 6) is -2.57. The standard InChI is InChI=1S/C49H65N3O5.C43H58N3O.C6H10O5.CH4/c1-35(53)47(56)57-36(2)46(55)50-32-17-10-8-9-11-22-39(54)23-16-18-33-52-43-27-15-13-25-41(43)49(5,6)45(52)31-29-38-21-19-20-37(34-38)28-30-44-48(3,4)40-24-12-14-26-42(40)51(44)7;1-42(2)36-22-10-12-24-38(36)45(5)40(42)28-26-33-18-17-19-34(32-33)27-29-41-43(3,4)37-23-11-13-25-39(37)46(41)31-16-14-21-35(47)20-9-7-6-8-15-30-44;1-3(7)6(10)11-4(2)5(8)9;/h12-15,24-31,34-36,53H,8-11,16-23,32-33H2,1-7H3;10-13,22-29,32H,6-9,14-21,30-31,44H2,1-5H3;3-4,7H,1-2H3,(H,8,9);1H4/q;+1;;/p+2. The number of carbonyl (C=O) groups excluding carboxylic acids is 5. The zero-order valence-electron chi connectivity index (χ0n) is 71.7. The van der Waals surface area contributed by atoms with E-state index in [2.05, 4.69) is 262 Å². The fourth-order valence-electron chi connectivity index (χ4n) is 16.8. The van der Waals surface area contributed by atoms with Crippen molar-refractivity contribution in [1.82, 2.24) is 5.32 Å². The smallest absolute Gasteiger partial charge is 0.344 e. The van der Waals surface area contributed by atoms with Gasteiger partial charge < -0.3 is 45.6 Å². The number of fused-ring (bicyclic) bond motifs is 4. The van der Waals surface area contributed by atoms with Gasteiger partial charge in [-0.2, -0.15) is 9.15 Å². The summed E-state index contributed by atoms with van der Waals surface area (Å²) in [5, 5.41) is 28.8. The molecule has 0 fully saturated rings. The first-order chi connectivity index (χ1) is 54.8. The number of aliphatic hydroxyl groups excluding tert-OH is 2. The molecule has 4 unspecified atom stereocenters. The quantitative estimate of drug-likeness (QED) is 0.0161. The summed E-state index contributed by atoms with van der Waals surface area (Å²) < 4.78 is 13.9. The Labute approximate surface area is 694 Å². The molecule has 0 aromatic heterocycles. The highest BCUT2D eigenvalue weighted by Gasteiger charge is 2.45. The first-order valence-electron chi connectivity index (χ1n) is 42.7. The number of ketones is 2. The number of allylic oxidation sites excluding steroid dienone is 16. The third-order valence-corrected chi connectivity index (χ3v) is 23.7. The van der Waals surface area contributed by atoms with Crippen LogP contribution in [0.3, 0.4) is 0 Å². The number of carbonyl (C=O) groups is 6. The molecule has 4 aromatic carbocycles. The second-order valence-electron chi connectivity index (χ2n) is 34.2. The number of aliphatic hydroxyl groups is 2. The highest BCUT2D eigenvalue weighted by molar-refractivity contribution is 6.04. The zero-order valence-corrected chi connectivity index (χ0v) is 71.7. The van der Waals surface area contributed by atoms with Crippen molar-refractivity contribution in [3.63, 3.8) is 0 Å². The van der Waals surface area contributed by atoms with Crippen LogP contribution in [0.1, 0.15) is 267 Å². The van der Waals surface area contributed by atoms with Crippen LogP contribution >= 0.6 is 0 Å². The van der Waals surface area contributed by atoms with Gasteiger partial charge in [0, 0.05) is 114 Å². The number of hydrogen-bond donors (Lipinski definition) is 5. The lowest BCUT2D eigenvalue weighted by Gasteiger charge is -2.27. The second kappa shape index (κ2) is 44.4. The summed E-state index contributed by atoms with van der Waals surface area (Å²) in [6.45, 7) is 27.3. The maximum atomic E-state index is 12.8. The second-order valence-corrected chi connectivity index (χ2v) is 34.2. The number of nitrogens with zero attached hydrogens (tertiary/aromatic N) is 4. The van der Waals surface area contributed by atoms with Crippen LogP contribution in [0.4, 0.5) is 22.7 Å². The largest absolute Gasteiger partial charge is 0.479 e. The number of benzene rings is 4. The van der Waals surface area contributed by atoms with Gasteiger partial charge in [0.25, 0.3) is 5.91 Å². The Bertz CT molecular complexity index is 4390. The van der Waals surface area contributed by atoms with E-state index in [0.717, 1.165) is 122 Å². The Hall–Kier alpha value is -9.16. The Morgan fingerprint density at radius 3 is 1.22 bits per heavy atom. The maximum absolute atomic E-state index is 12.8. The van der Waals surface area contributed by atoms with Crippen molar-refractivity contribution in [3.8, 4) is 0 Å². The minimum atomic E-state index is -1.28. The van der Waals surface area contributed by atoms with E-state index in [1.54, 1.807) is 0 Å². The van der Waals surface area contributed by atoms with E-state index in [1.165, 1.54) is 150 Å². The average molecular weight is 1590 g/mol. The van der Waals surface area contributed by atoms with E-state index in [0.29, 0.717) is 37.4 Å². The minimum Gasteiger partial charge on any atom is -0.479 e. The Morgan fingerprint density at radius 1 is 0.466 bits per heavy atom. The van der Waals surface area contributed by atoms with E-state index in [4.69, 9.17) is 14.9 Å². The zero-order chi connectivity index (χ0) is 83.6. The van der Waals surface area contributed by atoms with Crippen LogP contribution in [0.5, 0.6) is 0 Å². The molecular formula is C99H139N6O11+3. The van der Waals surface area contributed by atoms with Crippen molar-refractivity contribution in [2.24, 2.45) is 0 Å². The molecule has 10 rings (SSSR count). The topological polar surface area (TPSA) is 234 Å². The van der Waals surface area contributed by atoms with Crippen molar-refractivity contribution in [2.75, 3.05) is 50.1 Å². The fourth-order valence-corrected chi connectivity index (χ4v) is 16.8. The van der Waals surface area contributed by atoms with Crippen LogP contribution in [0, 0.1) is 0 Å². The molecule has 4 aliphatic heterocycles. The number of nitrogens with one attached hydrogen (secondary N) is 1. The Morgan fingerprint density at radius 2 is 0.828 bits per heavy atom. The molecule has 2 aliphatic carbocycles.